The SMILES string of the molecule is COC(=O)NCC(=O)C(=N)C(CC(C)C)C(=O)OC1CCC2(C)C(=CCC3(C)C4CCC(C(C)CCCC(C)C)C4(C)CCC23C)C1. The number of hydrogen-bond acceptors (Lipinski definition) is 6. The fourth-order valence-electron chi connectivity index (χ4n) is 11.2. The molecule has 1 amide bonds. The molecule has 2 N–H and O–H groups in total. The average Bonchev–Trinajstić information content (AvgIpc) is 3.37. The standard InChI is InChI=1S/C40H66N2O5/c1-25(2)12-11-13-27(5)31-14-15-33-37(31,6)20-21-40(9)38(7)19-17-29(23-28(38)16-18-39(33,40)8)47-35(44)30(22-26(3)4)34(41)32(43)24-42-36(45)46-10/h16,25-27,29-31,33,41H,11-15,17-24H2,1-10H3,(H,42,45). The van der Waals surface area contributed by atoms with Crippen molar-refractivity contribution in [2.24, 2.45) is 57.2 Å². The van der Waals surface area contributed by atoms with Crippen LogP contribution in [0.25, 0.3) is 0 Å². The predicted molar refractivity (Wildman–Crippen MR) is 188 cm³/mol. The molecule has 0 aliphatic heterocycles. The van der Waals surface area contributed by atoms with Crippen molar-refractivity contribution in [2.45, 2.75) is 145 Å². The maximum Gasteiger partial charge on any atom is 0.407 e. The molecular formula is C40H66N2O5. The number of alkyl carbamates (subject to hydrolysis) is 1. The highest BCUT2D eigenvalue weighted by Crippen LogP contribution is 2.76. The number of Topliss-reactive ketones (excluding diaryl/α,β-unsaturated/α-hetero) is 1. The Hall–Kier alpha value is -2.18. The molecule has 266 valence electrons. The molecule has 0 aromatic heterocycles. The Morgan fingerprint density at radius 1 is 0.957 bits per heavy atom. The van der Waals surface area contributed by atoms with E-state index in [1.807, 2.05) is 13.8 Å². The van der Waals surface area contributed by atoms with Gasteiger partial charge in [-0.3, -0.25) is 9.59 Å². The number of fused-ring (bicyclic) bond motifs is 5. The number of methoxy groups -OCH3 is 1. The zero-order chi connectivity index (χ0) is 34.9. The summed E-state index contributed by atoms with van der Waals surface area (Å²) in [4.78, 5) is 37.8. The minimum absolute atomic E-state index is 0.0603. The lowest BCUT2D eigenvalue weighted by atomic mass is 9.35. The molecule has 9 unspecified atom stereocenters. The summed E-state index contributed by atoms with van der Waals surface area (Å²) in [5.74, 6) is 1.16. The number of carbonyl (C=O) groups excluding carboxylic acids is 3. The van der Waals surface area contributed by atoms with Crippen molar-refractivity contribution >= 4 is 23.6 Å². The van der Waals surface area contributed by atoms with Gasteiger partial charge in [0.15, 0.2) is 5.78 Å². The van der Waals surface area contributed by atoms with Crippen LogP contribution in [-0.2, 0) is 19.1 Å². The summed E-state index contributed by atoms with van der Waals surface area (Å²) < 4.78 is 10.7. The summed E-state index contributed by atoms with van der Waals surface area (Å²) in [6.45, 7) is 21.2. The average molecular weight is 655 g/mol. The van der Waals surface area contributed by atoms with Crippen LogP contribution in [0.4, 0.5) is 4.79 Å². The second kappa shape index (κ2) is 14.4. The van der Waals surface area contributed by atoms with Crippen molar-refractivity contribution in [1.29, 1.82) is 5.41 Å². The Bertz CT molecular complexity index is 1220. The van der Waals surface area contributed by atoms with Crippen LogP contribution in [0.3, 0.4) is 0 Å². The van der Waals surface area contributed by atoms with E-state index in [4.69, 9.17) is 10.1 Å². The van der Waals surface area contributed by atoms with Crippen molar-refractivity contribution in [3.63, 3.8) is 0 Å². The molecule has 4 aliphatic rings. The van der Waals surface area contributed by atoms with Crippen LogP contribution in [0.1, 0.15) is 139 Å². The van der Waals surface area contributed by atoms with E-state index in [1.54, 1.807) is 0 Å². The number of esters is 1. The molecule has 0 saturated heterocycles. The van der Waals surface area contributed by atoms with E-state index >= 15 is 0 Å². The van der Waals surface area contributed by atoms with Gasteiger partial charge in [0.2, 0.25) is 0 Å². The third-order valence-electron chi connectivity index (χ3n) is 14.3. The summed E-state index contributed by atoms with van der Waals surface area (Å²) in [5.41, 5.74) is 2.01. The normalized spacial score (nSPS) is 36.0. The maximum atomic E-state index is 13.6. The quantitative estimate of drug-likeness (QED) is 0.117. The second-order valence-corrected chi connectivity index (χ2v) is 17.7. The molecule has 47 heavy (non-hydrogen) atoms. The number of rotatable bonds is 13. The number of allylic oxidation sites excluding steroid dienone is 1. The lowest BCUT2D eigenvalue weighted by Crippen LogP contribution is -2.62. The van der Waals surface area contributed by atoms with Crippen LogP contribution < -0.4 is 5.32 Å². The molecule has 0 aromatic carbocycles. The molecule has 7 nitrogen and oxygen atoms in total. The second-order valence-electron chi connectivity index (χ2n) is 17.7. The van der Waals surface area contributed by atoms with Gasteiger partial charge in [0.05, 0.1) is 19.4 Å². The first-order valence-corrected chi connectivity index (χ1v) is 18.8. The van der Waals surface area contributed by atoms with Crippen molar-refractivity contribution in [1.82, 2.24) is 5.32 Å². The predicted octanol–water partition coefficient (Wildman–Crippen LogP) is 9.33. The summed E-state index contributed by atoms with van der Waals surface area (Å²) in [5, 5.41) is 10.9. The largest absolute Gasteiger partial charge is 0.462 e. The van der Waals surface area contributed by atoms with Gasteiger partial charge in [-0.25, -0.2) is 4.79 Å². The number of ether oxygens (including phenoxy) is 2. The molecule has 9 atom stereocenters. The summed E-state index contributed by atoms with van der Waals surface area (Å²) in [6.07, 6.45) is 14.8. The minimum atomic E-state index is -0.949. The molecule has 0 heterocycles. The highest BCUT2D eigenvalue weighted by Gasteiger charge is 2.69. The van der Waals surface area contributed by atoms with E-state index < -0.39 is 23.8 Å². The van der Waals surface area contributed by atoms with Gasteiger partial charge in [0, 0.05) is 6.42 Å². The summed E-state index contributed by atoms with van der Waals surface area (Å²) >= 11 is 0. The van der Waals surface area contributed by atoms with Gasteiger partial charge in [-0.05, 0) is 103 Å². The Morgan fingerprint density at radius 3 is 2.30 bits per heavy atom. The molecule has 3 fully saturated rings. The molecule has 4 aliphatic carbocycles. The van der Waals surface area contributed by atoms with Gasteiger partial charge < -0.3 is 20.2 Å². The van der Waals surface area contributed by atoms with Crippen molar-refractivity contribution in [2.75, 3.05) is 13.7 Å². The van der Waals surface area contributed by atoms with E-state index in [0.717, 1.165) is 49.4 Å². The molecule has 0 bridgehead atoms. The molecule has 7 heteroatoms. The first kappa shape index (κ1) is 37.6. The van der Waals surface area contributed by atoms with Gasteiger partial charge in [-0.2, -0.15) is 0 Å². The number of hydrogen-bond donors (Lipinski definition) is 2. The smallest absolute Gasteiger partial charge is 0.407 e. The maximum absolute atomic E-state index is 13.6. The molecule has 0 aromatic rings. The molecule has 4 rings (SSSR count). The van der Waals surface area contributed by atoms with Gasteiger partial charge in [0.25, 0.3) is 0 Å². The van der Waals surface area contributed by atoms with Crippen LogP contribution in [0.2, 0.25) is 0 Å². The highest BCUT2D eigenvalue weighted by molar-refractivity contribution is 6.43. The minimum Gasteiger partial charge on any atom is -0.462 e. The fourth-order valence-corrected chi connectivity index (χ4v) is 11.2. The van der Waals surface area contributed by atoms with Crippen LogP contribution in [-0.4, -0.2) is 43.3 Å². The molecular weight excluding hydrogens is 588 g/mol. The fraction of sp³-hybridized carbons (Fsp3) is 0.850. The van der Waals surface area contributed by atoms with E-state index in [2.05, 4.69) is 64.6 Å². The first-order chi connectivity index (χ1) is 21.9. The Morgan fingerprint density at radius 2 is 1.66 bits per heavy atom. The lowest BCUT2D eigenvalue weighted by Gasteiger charge is -2.69. The van der Waals surface area contributed by atoms with Crippen LogP contribution >= 0.6 is 0 Å². The van der Waals surface area contributed by atoms with Crippen LogP contribution in [0, 0.1) is 62.6 Å². The molecule has 0 spiro atoms. The number of amides is 1. The highest BCUT2D eigenvalue weighted by atomic mass is 16.5. The third-order valence-corrected chi connectivity index (χ3v) is 14.3. The van der Waals surface area contributed by atoms with Crippen molar-refractivity contribution < 1.29 is 23.9 Å². The van der Waals surface area contributed by atoms with Gasteiger partial charge in [0.1, 0.15) is 12.0 Å². The van der Waals surface area contributed by atoms with Gasteiger partial charge in [-0.15, -0.1) is 0 Å². The summed E-state index contributed by atoms with van der Waals surface area (Å²) in [7, 11) is 1.22. The topological polar surface area (TPSA) is 106 Å². The Kier molecular flexibility index (Phi) is 11.5. The zero-order valence-corrected chi connectivity index (χ0v) is 31.4. The van der Waals surface area contributed by atoms with E-state index in [9.17, 15) is 14.4 Å². The zero-order valence-electron chi connectivity index (χ0n) is 31.4. The van der Waals surface area contributed by atoms with Crippen LogP contribution in [0.15, 0.2) is 11.6 Å². The Balaban J connectivity index is 1.48. The van der Waals surface area contributed by atoms with E-state index in [1.165, 1.54) is 57.6 Å². The monoisotopic (exact) mass is 654 g/mol. The Labute approximate surface area is 285 Å². The molecule has 3 saturated carbocycles. The van der Waals surface area contributed by atoms with E-state index in [-0.39, 0.29) is 40.5 Å². The van der Waals surface area contributed by atoms with Crippen molar-refractivity contribution in [3.8, 4) is 0 Å². The third kappa shape index (κ3) is 6.98. The number of ketones is 1. The van der Waals surface area contributed by atoms with Gasteiger partial charge >= 0.3 is 12.1 Å². The van der Waals surface area contributed by atoms with E-state index in [0.29, 0.717) is 11.8 Å². The number of carbonyl (C=O) groups is 3. The van der Waals surface area contributed by atoms with Crippen LogP contribution in [0.5, 0.6) is 0 Å². The first-order valence-electron chi connectivity index (χ1n) is 18.8. The van der Waals surface area contributed by atoms with Gasteiger partial charge in [-0.1, -0.05) is 93.2 Å². The lowest BCUT2D eigenvalue weighted by molar-refractivity contribution is -0.180. The summed E-state index contributed by atoms with van der Waals surface area (Å²) in [6, 6.07) is 0. The van der Waals surface area contributed by atoms with Crippen molar-refractivity contribution in [3.05, 3.63) is 11.6 Å². The number of nitrogens with one attached hydrogen (secondary N) is 2. The molecule has 0 radical (unpaired) electrons.